The van der Waals surface area contributed by atoms with Crippen molar-refractivity contribution >= 4 is 45.0 Å². The predicted octanol–water partition coefficient (Wildman–Crippen LogP) is 3.77. The van der Waals surface area contributed by atoms with Crippen LogP contribution in [0.2, 0.25) is 0 Å². The van der Waals surface area contributed by atoms with Crippen LogP contribution < -0.4 is 4.90 Å². The Morgan fingerprint density at radius 1 is 1.14 bits per heavy atom. The van der Waals surface area contributed by atoms with Gasteiger partial charge in [0.1, 0.15) is 11.3 Å². The number of morpholine rings is 1. The molecule has 1 fully saturated rings. The van der Waals surface area contributed by atoms with Gasteiger partial charge in [-0.3, -0.25) is 14.6 Å². The first-order chi connectivity index (χ1) is 13.7. The van der Waals surface area contributed by atoms with Gasteiger partial charge in [0.05, 0.1) is 24.3 Å². The molecule has 4 rings (SSSR count). The highest BCUT2D eigenvalue weighted by atomic mass is 35.5. The Morgan fingerprint density at radius 2 is 1.90 bits per heavy atom. The Balaban J connectivity index is 0.00000240. The summed E-state index contributed by atoms with van der Waals surface area (Å²) in [7, 11) is 0. The Kier molecular flexibility index (Phi) is 7.55. The number of fused-ring (bicyclic) bond motifs is 1. The topological polar surface area (TPSA) is 45.7 Å². The van der Waals surface area contributed by atoms with Gasteiger partial charge in [-0.15, -0.1) is 12.4 Å². The van der Waals surface area contributed by atoms with E-state index in [1.54, 1.807) is 11.0 Å². The molecule has 1 saturated heterocycles. The van der Waals surface area contributed by atoms with E-state index in [-0.39, 0.29) is 24.1 Å². The van der Waals surface area contributed by atoms with Gasteiger partial charge >= 0.3 is 0 Å². The number of hydrogen-bond acceptors (Lipinski definition) is 5. The summed E-state index contributed by atoms with van der Waals surface area (Å²) >= 11 is 1.36. The second kappa shape index (κ2) is 10.1. The molecule has 2 heterocycles. The van der Waals surface area contributed by atoms with Gasteiger partial charge in [0.2, 0.25) is 5.91 Å². The van der Waals surface area contributed by atoms with Crippen LogP contribution in [0.15, 0.2) is 48.5 Å². The summed E-state index contributed by atoms with van der Waals surface area (Å²) in [4.78, 5) is 21.5. The van der Waals surface area contributed by atoms with E-state index in [2.05, 4.69) is 9.88 Å². The molecule has 1 aromatic heterocycles. The standard InChI is InChI=1S/C21H22FN3O2S.ClH/c22-17-7-4-8-18-20(17)23-21(28-18)25(10-9-24-11-13-27-14-12-24)19(26)15-16-5-2-1-3-6-16;/h1-8H,9-15H2;1H. The molecule has 3 aromatic rings. The summed E-state index contributed by atoms with van der Waals surface area (Å²) in [5, 5.41) is 0.550. The highest BCUT2D eigenvalue weighted by molar-refractivity contribution is 7.22. The number of hydrogen-bond donors (Lipinski definition) is 0. The third-order valence-electron chi connectivity index (χ3n) is 4.83. The zero-order chi connectivity index (χ0) is 19.3. The number of aromatic nitrogens is 1. The van der Waals surface area contributed by atoms with E-state index in [9.17, 15) is 9.18 Å². The number of carbonyl (C=O) groups excluding carboxylic acids is 1. The van der Waals surface area contributed by atoms with E-state index in [1.165, 1.54) is 17.4 Å². The predicted molar refractivity (Wildman–Crippen MR) is 117 cm³/mol. The lowest BCUT2D eigenvalue weighted by atomic mass is 10.1. The summed E-state index contributed by atoms with van der Waals surface area (Å²) in [5.74, 6) is -0.387. The molecule has 0 saturated carbocycles. The first kappa shape index (κ1) is 21.6. The fourth-order valence-corrected chi connectivity index (χ4v) is 4.30. The molecule has 1 aliphatic heterocycles. The van der Waals surface area contributed by atoms with Crippen molar-refractivity contribution in [3.05, 3.63) is 59.9 Å². The molecular weight excluding hydrogens is 413 g/mol. The van der Waals surface area contributed by atoms with Crippen LogP contribution in [0, 0.1) is 5.82 Å². The van der Waals surface area contributed by atoms with E-state index in [1.807, 2.05) is 36.4 Å². The molecule has 2 aromatic carbocycles. The summed E-state index contributed by atoms with van der Waals surface area (Å²) < 4.78 is 20.3. The van der Waals surface area contributed by atoms with Gasteiger partial charge in [-0.2, -0.15) is 0 Å². The van der Waals surface area contributed by atoms with Crippen LogP contribution in [-0.4, -0.2) is 55.2 Å². The van der Waals surface area contributed by atoms with Crippen molar-refractivity contribution < 1.29 is 13.9 Å². The monoisotopic (exact) mass is 435 g/mol. The van der Waals surface area contributed by atoms with Crippen LogP contribution in [-0.2, 0) is 16.0 Å². The smallest absolute Gasteiger partial charge is 0.233 e. The van der Waals surface area contributed by atoms with E-state index in [0.717, 1.165) is 29.9 Å². The minimum atomic E-state index is -0.358. The Labute approximate surface area is 179 Å². The van der Waals surface area contributed by atoms with Crippen LogP contribution in [0.5, 0.6) is 0 Å². The maximum Gasteiger partial charge on any atom is 0.233 e. The summed E-state index contributed by atoms with van der Waals surface area (Å²) in [6.07, 6.45) is 0.294. The van der Waals surface area contributed by atoms with Crippen LogP contribution in [0.1, 0.15) is 5.56 Å². The van der Waals surface area contributed by atoms with E-state index in [0.29, 0.717) is 36.8 Å². The zero-order valence-electron chi connectivity index (χ0n) is 15.9. The second-order valence-electron chi connectivity index (χ2n) is 6.74. The molecule has 8 heteroatoms. The molecule has 0 atom stereocenters. The number of benzene rings is 2. The Bertz CT molecular complexity index is 948. The quantitative estimate of drug-likeness (QED) is 0.591. The fourth-order valence-electron chi connectivity index (χ4n) is 3.28. The molecule has 0 bridgehead atoms. The third kappa shape index (κ3) is 5.30. The van der Waals surface area contributed by atoms with Crippen molar-refractivity contribution in [1.82, 2.24) is 9.88 Å². The van der Waals surface area contributed by atoms with Crippen molar-refractivity contribution in [3.8, 4) is 0 Å². The van der Waals surface area contributed by atoms with E-state index < -0.39 is 0 Å². The number of para-hydroxylation sites is 1. The Morgan fingerprint density at radius 3 is 2.62 bits per heavy atom. The normalized spacial score (nSPS) is 14.5. The average molecular weight is 436 g/mol. The maximum absolute atomic E-state index is 14.1. The zero-order valence-corrected chi connectivity index (χ0v) is 17.6. The minimum absolute atomic E-state index is 0. The molecular formula is C21H23ClFN3O2S. The van der Waals surface area contributed by atoms with E-state index in [4.69, 9.17) is 4.74 Å². The average Bonchev–Trinajstić information content (AvgIpc) is 3.15. The highest BCUT2D eigenvalue weighted by Crippen LogP contribution is 2.30. The lowest BCUT2D eigenvalue weighted by molar-refractivity contribution is -0.118. The van der Waals surface area contributed by atoms with Gasteiger partial charge in [0.15, 0.2) is 5.13 Å². The summed E-state index contributed by atoms with van der Waals surface area (Å²) in [5.41, 5.74) is 1.28. The first-order valence-corrected chi connectivity index (χ1v) is 10.2. The molecule has 5 nitrogen and oxygen atoms in total. The fraction of sp³-hybridized carbons (Fsp3) is 0.333. The number of carbonyl (C=O) groups is 1. The van der Waals surface area contributed by atoms with E-state index >= 15 is 0 Å². The van der Waals surface area contributed by atoms with Gasteiger partial charge < -0.3 is 4.74 Å². The molecule has 154 valence electrons. The maximum atomic E-state index is 14.1. The summed E-state index contributed by atoms with van der Waals surface area (Å²) in [6.45, 7) is 4.40. The van der Waals surface area contributed by atoms with Gasteiger partial charge in [0, 0.05) is 26.2 Å². The van der Waals surface area contributed by atoms with Gasteiger partial charge in [-0.05, 0) is 17.7 Å². The summed E-state index contributed by atoms with van der Waals surface area (Å²) in [6, 6.07) is 14.6. The number of rotatable bonds is 6. The van der Waals surface area contributed by atoms with Crippen molar-refractivity contribution in [2.75, 3.05) is 44.3 Å². The number of halogens is 2. The number of ether oxygens (including phenoxy) is 1. The molecule has 0 aliphatic carbocycles. The van der Waals surface area contributed by atoms with Gasteiger partial charge in [-0.25, -0.2) is 9.37 Å². The SMILES string of the molecule is Cl.O=C(Cc1ccccc1)N(CCN1CCOCC1)c1nc2c(F)cccc2s1. The van der Waals surface area contributed by atoms with Crippen molar-refractivity contribution in [2.24, 2.45) is 0 Å². The lowest BCUT2D eigenvalue weighted by Gasteiger charge is -2.29. The van der Waals surface area contributed by atoms with Crippen LogP contribution in [0.3, 0.4) is 0 Å². The largest absolute Gasteiger partial charge is 0.379 e. The number of anilines is 1. The molecule has 1 aliphatic rings. The Hall–Kier alpha value is -2.06. The van der Waals surface area contributed by atoms with Gasteiger partial charge in [-0.1, -0.05) is 47.7 Å². The van der Waals surface area contributed by atoms with Crippen LogP contribution in [0.4, 0.5) is 9.52 Å². The molecule has 1 amide bonds. The number of nitrogens with zero attached hydrogens (tertiary/aromatic N) is 3. The lowest BCUT2D eigenvalue weighted by Crippen LogP contribution is -2.43. The first-order valence-electron chi connectivity index (χ1n) is 9.40. The molecule has 0 unspecified atom stereocenters. The second-order valence-corrected chi connectivity index (χ2v) is 7.75. The molecule has 0 N–H and O–H groups in total. The molecule has 0 radical (unpaired) electrons. The van der Waals surface area contributed by atoms with Crippen LogP contribution in [0.25, 0.3) is 10.2 Å². The number of thiazole rings is 1. The van der Waals surface area contributed by atoms with Gasteiger partial charge in [0.25, 0.3) is 0 Å². The van der Waals surface area contributed by atoms with Crippen molar-refractivity contribution in [3.63, 3.8) is 0 Å². The molecule has 0 spiro atoms. The molecule has 29 heavy (non-hydrogen) atoms. The third-order valence-corrected chi connectivity index (χ3v) is 5.88. The van der Waals surface area contributed by atoms with Crippen molar-refractivity contribution in [1.29, 1.82) is 0 Å². The van der Waals surface area contributed by atoms with Crippen molar-refractivity contribution in [2.45, 2.75) is 6.42 Å². The highest BCUT2D eigenvalue weighted by Gasteiger charge is 2.22. The number of amides is 1. The minimum Gasteiger partial charge on any atom is -0.379 e. The van der Waals surface area contributed by atoms with Crippen LogP contribution >= 0.6 is 23.7 Å².